The van der Waals surface area contributed by atoms with Gasteiger partial charge in [-0.2, -0.15) is 0 Å². The van der Waals surface area contributed by atoms with Crippen molar-refractivity contribution in [3.8, 4) is 80.1 Å². The Labute approximate surface area is 691 Å². The first-order valence-electron chi connectivity index (χ1n) is 37.1. The highest BCUT2D eigenvalue weighted by molar-refractivity contribution is 6.32. The highest BCUT2D eigenvalue weighted by Gasteiger charge is 2.52. The van der Waals surface area contributed by atoms with Gasteiger partial charge in [0, 0.05) is 42.2 Å². The van der Waals surface area contributed by atoms with Gasteiger partial charge in [0.2, 0.25) is 59.7 Å². The number of amides is 7. The number of benzene rings is 7. The number of fused-ring (bicyclic) bond motifs is 14. The smallest absolute Gasteiger partial charge is 0.330 e. The average molecular weight is 1730 g/mol. The van der Waals surface area contributed by atoms with Gasteiger partial charge in [0.1, 0.15) is 150 Å². The number of phenolic OH excluding ortho intramolecular Hbond substituents is 4. The normalized spacial score (nSPS) is 30.5. The molecule has 17 bridgehead atoms. The molecule has 43 heteroatoms. The van der Waals surface area contributed by atoms with Gasteiger partial charge in [-0.25, -0.2) is 4.79 Å². The Bertz CT molecular complexity index is 5240. The number of aliphatic carboxylic acids is 1. The second-order valence-electron chi connectivity index (χ2n) is 29.3. The largest absolute Gasteiger partial charge is 0.508 e. The van der Waals surface area contributed by atoms with Gasteiger partial charge in [0.15, 0.2) is 35.3 Å². The summed E-state index contributed by atoms with van der Waals surface area (Å²) in [4.78, 5) is 123. The van der Waals surface area contributed by atoms with Crippen LogP contribution in [0.15, 0.2) is 115 Å². The lowest BCUT2D eigenvalue weighted by Gasteiger charge is -2.44. The van der Waals surface area contributed by atoms with E-state index in [1.54, 1.807) is 0 Å². The van der Waals surface area contributed by atoms with Gasteiger partial charge in [-0.1, -0.05) is 47.5 Å². The van der Waals surface area contributed by atoms with Crippen molar-refractivity contribution in [1.82, 2.24) is 37.2 Å². The Morgan fingerprint density at radius 1 is 0.496 bits per heavy atom. The summed E-state index contributed by atoms with van der Waals surface area (Å²) < 4.78 is 56.4. The fourth-order valence-electron chi connectivity index (χ4n) is 14.9. The predicted octanol–water partition coefficient (Wildman–Crippen LogP) is -2.13. The van der Waals surface area contributed by atoms with Crippen LogP contribution in [0.4, 0.5) is 0 Å². The van der Waals surface area contributed by atoms with E-state index >= 15 is 24.0 Å². The second-order valence-corrected chi connectivity index (χ2v) is 30.1. The maximum atomic E-state index is 16.8. The summed E-state index contributed by atoms with van der Waals surface area (Å²) in [5.74, 6) is -18.6. The molecule has 0 saturated carbocycles. The third-order valence-electron chi connectivity index (χ3n) is 21.2. The van der Waals surface area contributed by atoms with Crippen LogP contribution in [0.2, 0.25) is 10.0 Å². The van der Waals surface area contributed by atoms with E-state index < -0.39 is 299 Å². The number of carbonyl (C=O) groups is 8. The van der Waals surface area contributed by atoms with Crippen LogP contribution in [0.25, 0.3) is 11.1 Å². The Morgan fingerprint density at radius 2 is 1.05 bits per heavy atom. The number of nitrogens with one attached hydrogen (secondary N) is 7. The zero-order valence-corrected chi connectivity index (χ0v) is 64.1. The molecule has 3 saturated heterocycles. The van der Waals surface area contributed by atoms with Gasteiger partial charge in [-0.15, -0.1) is 0 Å². The molecule has 0 radical (unpaired) electrons. The van der Waals surface area contributed by atoms with Gasteiger partial charge in [-0.3, -0.25) is 33.6 Å². The molecule has 23 atom stereocenters. The topological polar surface area (TPSA) is 659 Å². The number of phenols is 4. The monoisotopic (exact) mass is 1720 g/mol. The zero-order valence-electron chi connectivity index (χ0n) is 62.6. The predicted molar refractivity (Wildman–Crippen MR) is 407 cm³/mol. The molecular formula is C78H79Cl2N9O32. The lowest BCUT2D eigenvalue weighted by atomic mass is 9.89. The number of aliphatic hydroxyl groups excluding tert-OH is 10. The summed E-state index contributed by atoms with van der Waals surface area (Å²) in [6.07, 6.45) is -28.6. The minimum absolute atomic E-state index is 0.0346. The SMILES string of the molecule is CC(=O)N[C@H]1[C@H](OC2c3ccc(c(Cl)c3)Oc3cc4cc(c3O[C@@H]3O[C@H](CO)[C@@H](O)[C@H](O)[C@H]3N)Oc3ccc(cc3Cl)C[C@H]3NC(=O)[C@H](N)c5ccc(O)c(c5)Oc5cc(O)cc(c5)[C@H](NC3=O)C(=O)N[C@H]4C(=O)N[C@H]3C(=O)N[C@@H]2C(=O)N[C@@H](C(=O)O)c2cc(O)cc(O[C@H]4O[C@H](CO)[C@@H](O)[C@H](O)[C@@H]4O)c2-c2cc3ccc2O)O[C@H](CO)[C@@H](O)[C@@H]1O. The van der Waals surface area contributed by atoms with Crippen LogP contribution < -0.4 is 72.4 Å². The first-order chi connectivity index (χ1) is 57.6. The van der Waals surface area contributed by atoms with E-state index in [2.05, 4.69) is 37.2 Å². The molecule has 121 heavy (non-hydrogen) atoms. The van der Waals surface area contributed by atoms with Crippen molar-refractivity contribution < 1.29 is 158 Å². The molecule has 9 aliphatic rings. The van der Waals surface area contributed by atoms with Crippen LogP contribution in [0.1, 0.15) is 82.2 Å². The number of halogens is 2. The number of hydrogen-bond acceptors (Lipinski definition) is 33. The van der Waals surface area contributed by atoms with Crippen molar-refractivity contribution in [3.05, 3.63) is 164 Å². The third kappa shape index (κ3) is 17.3. The van der Waals surface area contributed by atoms with Crippen molar-refractivity contribution in [2.45, 2.75) is 154 Å². The molecule has 9 heterocycles. The van der Waals surface area contributed by atoms with Gasteiger partial charge in [-0.05, 0) is 112 Å². The van der Waals surface area contributed by atoms with Crippen molar-refractivity contribution in [2.75, 3.05) is 19.8 Å². The van der Waals surface area contributed by atoms with Crippen LogP contribution in [-0.2, 0) is 63.7 Å². The van der Waals surface area contributed by atoms with Crippen LogP contribution in [0.5, 0.6) is 69.0 Å². The van der Waals surface area contributed by atoms with E-state index in [-0.39, 0.29) is 44.5 Å². The average Bonchev–Trinajstić information content (AvgIpc) is 0.745. The van der Waals surface area contributed by atoms with E-state index in [0.29, 0.717) is 0 Å². The highest BCUT2D eigenvalue weighted by atomic mass is 35.5. The first-order valence-corrected chi connectivity index (χ1v) is 37.9. The molecule has 0 spiro atoms. The summed E-state index contributed by atoms with van der Waals surface area (Å²) >= 11 is 14.5. The molecule has 7 aromatic rings. The Hall–Kier alpha value is -11.6. The fraction of sp³-hybridized carbons (Fsp3) is 0.359. The number of rotatable bonds is 11. The summed E-state index contributed by atoms with van der Waals surface area (Å²) in [6, 6.07) is 0.910. The van der Waals surface area contributed by atoms with Crippen molar-refractivity contribution in [1.29, 1.82) is 0 Å². The number of carboxylic acid groups (broad SMARTS) is 1. The molecule has 26 N–H and O–H groups in total. The summed E-state index contributed by atoms with van der Waals surface area (Å²) in [7, 11) is 0. The Kier molecular flexibility index (Phi) is 24.7. The third-order valence-corrected chi connectivity index (χ3v) is 21.8. The second kappa shape index (κ2) is 34.9. The van der Waals surface area contributed by atoms with Crippen molar-refractivity contribution in [3.63, 3.8) is 0 Å². The number of nitrogens with two attached hydrogens (primary N) is 2. The molecule has 9 aliphatic heterocycles. The number of carbonyl (C=O) groups excluding carboxylic acids is 7. The number of ether oxygens (including phenoxy) is 9. The van der Waals surface area contributed by atoms with Crippen molar-refractivity contribution in [2.24, 2.45) is 11.5 Å². The van der Waals surface area contributed by atoms with E-state index in [1.807, 2.05) is 0 Å². The quantitative estimate of drug-likeness (QED) is 0.0657. The summed E-state index contributed by atoms with van der Waals surface area (Å²) in [5.41, 5.74) is 9.40. The maximum absolute atomic E-state index is 16.8. The lowest BCUT2D eigenvalue weighted by molar-refractivity contribution is -0.284. The Morgan fingerprint density at radius 3 is 1.69 bits per heavy atom. The van der Waals surface area contributed by atoms with E-state index in [4.69, 9.17) is 77.3 Å². The van der Waals surface area contributed by atoms with Gasteiger partial charge in [0.05, 0.1) is 35.9 Å². The Balaban J connectivity index is 1.04. The lowest BCUT2D eigenvalue weighted by Crippen LogP contribution is -2.65. The first kappa shape index (κ1) is 85.8. The number of hydrogen-bond donors (Lipinski definition) is 24. The van der Waals surface area contributed by atoms with Crippen molar-refractivity contribution >= 4 is 70.5 Å². The molecule has 1 unspecified atom stereocenters. The van der Waals surface area contributed by atoms with E-state index in [1.165, 1.54) is 30.3 Å². The molecule has 0 aromatic heterocycles. The number of carboxylic acids is 1. The van der Waals surface area contributed by atoms with E-state index in [9.17, 15) is 91.0 Å². The molecule has 7 aromatic carbocycles. The summed E-state index contributed by atoms with van der Waals surface area (Å²) in [5, 5.41) is 185. The van der Waals surface area contributed by atoms with Gasteiger partial charge < -0.3 is 168 Å². The zero-order chi connectivity index (χ0) is 86.8. The number of aromatic hydroxyl groups is 4. The molecule has 642 valence electrons. The highest BCUT2D eigenvalue weighted by Crippen LogP contribution is 2.51. The van der Waals surface area contributed by atoms with Gasteiger partial charge >= 0.3 is 5.97 Å². The standard InChI is InChI=1S/C78H79Cl2N9O32/c1-25(93)83-58-64(102)61(99)49(23-91)118-77(58)120-67-29-5-9-43(38(80)15-29)115-47-18-31-17-46(68(47)121-76-53(82)63(101)60(98)48(22-90)117-76)114-42-8-2-26(10-37(42)79)11-39-69(105)85-55(30-12-32(94)19-34(13-30)113-44-16-27(3-7-41(44)97)52(81)70(106)84-39)72(108)87-56(31)73(109)86-54-28-4-6-40(96)35(14-28)51-36(57(75(111)112)88-74(110)59(67)89-71(54)107)20-33(95)21-45(51)116-78-66(104)65(103)62(100)50(24-92)119-78/h2-10,12-21,39,48-50,52-67,76-78,90-92,94-104H,11,22-24,81-82H2,1H3,(H,83,93)(H,84,106)(H,85,105)(H,86,109)(H,87,108)(H,88,110)(H,89,107)(H,111,112)/t39-,48-,49-,50-,52-,53-,54-,55+,56-,57-,58-,59+,60-,61-,62-,63-,64-,65+,66+,67?,76+,77+,78+/m1/s1. The van der Waals surface area contributed by atoms with Crippen LogP contribution in [-0.4, -0.2) is 248 Å². The van der Waals surface area contributed by atoms with E-state index in [0.717, 1.165) is 91.9 Å². The minimum Gasteiger partial charge on any atom is -0.508 e. The molecule has 0 aliphatic carbocycles. The molecule has 3 fully saturated rings. The van der Waals surface area contributed by atoms with Gasteiger partial charge in [0.25, 0.3) is 0 Å². The number of aliphatic hydroxyl groups is 10. The maximum Gasteiger partial charge on any atom is 0.330 e. The molecule has 7 amide bonds. The van der Waals surface area contributed by atoms with Crippen LogP contribution in [0.3, 0.4) is 0 Å². The van der Waals surface area contributed by atoms with Crippen LogP contribution >= 0.6 is 23.2 Å². The molecule has 16 rings (SSSR count). The molecular weight excluding hydrogens is 1650 g/mol. The van der Waals surface area contributed by atoms with Crippen LogP contribution in [0, 0.1) is 0 Å². The summed E-state index contributed by atoms with van der Waals surface area (Å²) in [6.45, 7) is -2.10. The molecule has 41 nitrogen and oxygen atoms in total. The minimum atomic E-state index is -2.57. The fourth-order valence-corrected chi connectivity index (χ4v) is 15.4.